The van der Waals surface area contributed by atoms with E-state index >= 15 is 0 Å². The predicted molar refractivity (Wildman–Crippen MR) is 49.4 cm³/mol. The summed E-state index contributed by atoms with van der Waals surface area (Å²) in [5.41, 5.74) is 5.10. The van der Waals surface area contributed by atoms with E-state index in [2.05, 4.69) is 0 Å². The van der Waals surface area contributed by atoms with Crippen LogP contribution in [0.4, 0.5) is 22.0 Å². The fraction of sp³-hybridized carbons (Fsp3) is 0.429. The highest BCUT2D eigenvalue weighted by atomic mass is 35.5. The zero-order valence-corrected chi connectivity index (χ0v) is 8.78. The third kappa shape index (κ3) is 2.79. The van der Waals surface area contributed by atoms with Gasteiger partial charge >= 0.3 is 12.1 Å². The van der Waals surface area contributed by atoms with E-state index in [0.717, 1.165) is 6.07 Å². The van der Waals surface area contributed by atoms with Crippen LogP contribution in [0.5, 0.6) is 0 Å². The molecule has 0 saturated carbocycles. The Balaban J connectivity index is 0.00000196. The lowest BCUT2D eigenvalue weighted by atomic mass is 10.2. The number of hydrogen-bond donors (Lipinski definition) is 1. The molecule has 1 rings (SSSR count). The molecule has 0 atom stereocenters. The molecule has 0 amide bonds. The Morgan fingerprint density at radius 3 is 2.00 bits per heavy atom. The average Bonchev–Trinajstić information content (AvgIpc) is 2.49. The second-order valence-electron chi connectivity index (χ2n) is 2.54. The minimum atomic E-state index is -5.55. The standard InChI is InChI=1S/C7H6F5NS.ClH/c8-6(9,7(10,11)12)5-2-1-4(3-13)14-5;/h1-2H,3,13H2;1H. The van der Waals surface area contributed by atoms with Crippen molar-refractivity contribution in [3.05, 3.63) is 21.9 Å². The summed E-state index contributed by atoms with van der Waals surface area (Å²) in [5, 5.41) is 0. The summed E-state index contributed by atoms with van der Waals surface area (Å²) in [4.78, 5) is -0.727. The summed E-state index contributed by atoms with van der Waals surface area (Å²) in [6, 6.07) is 1.92. The van der Waals surface area contributed by atoms with Crippen LogP contribution in [0, 0.1) is 0 Å². The number of halogens is 6. The van der Waals surface area contributed by atoms with Gasteiger partial charge in [-0.05, 0) is 12.1 Å². The van der Waals surface area contributed by atoms with E-state index in [4.69, 9.17) is 5.73 Å². The van der Waals surface area contributed by atoms with Crippen molar-refractivity contribution in [1.29, 1.82) is 0 Å². The maximum Gasteiger partial charge on any atom is 0.458 e. The molecule has 8 heteroatoms. The predicted octanol–water partition coefficient (Wildman–Crippen LogP) is 3.28. The van der Waals surface area contributed by atoms with Gasteiger partial charge in [-0.3, -0.25) is 0 Å². The van der Waals surface area contributed by atoms with Gasteiger partial charge in [-0.1, -0.05) is 0 Å². The van der Waals surface area contributed by atoms with Crippen molar-refractivity contribution in [2.24, 2.45) is 5.73 Å². The zero-order chi connectivity index (χ0) is 11.0. The molecule has 1 nitrogen and oxygen atoms in total. The fourth-order valence-electron chi connectivity index (χ4n) is 0.796. The first kappa shape index (κ1) is 14.6. The third-order valence-electron chi connectivity index (χ3n) is 1.53. The van der Waals surface area contributed by atoms with Crippen LogP contribution in [0.1, 0.15) is 9.75 Å². The van der Waals surface area contributed by atoms with E-state index in [-0.39, 0.29) is 19.0 Å². The number of alkyl halides is 5. The van der Waals surface area contributed by atoms with Gasteiger partial charge in [0.1, 0.15) is 0 Å². The summed E-state index contributed by atoms with van der Waals surface area (Å²) in [7, 11) is 0. The van der Waals surface area contributed by atoms with Crippen molar-refractivity contribution in [1.82, 2.24) is 0 Å². The van der Waals surface area contributed by atoms with Crippen molar-refractivity contribution < 1.29 is 22.0 Å². The number of nitrogens with two attached hydrogens (primary N) is 1. The van der Waals surface area contributed by atoms with Crippen molar-refractivity contribution >= 4 is 23.7 Å². The normalized spacial score (nSPS) is 12.4. The van der Waals surface area contributed by atoms with Gasteiger partial charge in [0.05, 0.1) is 4.88 Å². The van der Waals surface area contributed by atoms with Crippen LogP contribution in [-0.2, 0) is 12.5 Å². The Labute approximate surface area is 92.5 Å². The minimum Gasteiger partial charge on any atom is -0.326 e. The second-order valence-corrected chi connectivity index (χ2v) is 3.71. The smallest absolute Gasteiger partial charge is 0.326 e. The highest BCUT2D eigenvalue weighted by Gasteiger charge is 2.59. The molecule has 1 aromatic heterocycles. The molecule has 0 fully saturated rings. The topological polar surface area (TPSA) is 26.0 Å². The zero-order valence-electron chi connectivity index (χ0n) is 7.15. The van der Waals surface area contributed by atoms with Crippen LogP contribution < -0.4 is 5.73 Å². The summed E-state index contributed by atoms with van der Waals surface area (Å²) < 4.78 is 60.9. The van der Waals surface area contributed by atoms with Crippen LogP contribution in [0.25, 0.3) is 0 Å². The molecule has 15 heavy (non-hydrogen) atoms. The highest BCUT2D eigenvalue weighted by molar-refractivity contribution is 7.12. The minimum absolute atomic E-state index is 0. The molecule has 0 saturated heterocycles. The molecule has 1 heterocycles. The molecule has 0 unspecified atom stereocenters. The Bertz CT molecular complexity index is 321. The lowest BCUT2D eigenvalue weighted by Gasteiger charge is -2.17. The Morgan fingerprint density at radius 1 is 1.13 bits per heavy atom. The van der Waals surface area contributed by atoms with Gasteiger partial charge in [0, 0.05) is 11.4 Å². The van der Waals surface area contributed by atoms with E-state index in [1.54, 1.807) is 0 Å². The molecular weight excluding hydrogens is 261 g/mol. The highest BCUT2D eigenvalue weighted by Crippen LogP contribution is 2.46. The van der Waals surface area contributed by atoms with Crippen LogP contribution in [0.2, 0.25) is 0 Å². The molecule has 0 spiro atoms. The molecule has 0 radical (unpaired) electrons. The van der Waals surface area contributed by atoms with Gasteiger partial charge < -0.3 is 5.73 Å². The molecule has 0 aliphatic carbocycles. The van der Waals surface area contributed by atoms with E-state index < -0.39 is 17.0 Å². The van der Waals surface area contributed by atoms with Gasteiger partial charge in [-0.25, -0.2) is 0 Å². The summed E-state index contributed by atoms with van der Waals surface area (Å²) in [6.45, 7) is -0.0431. The van der Waals surface area contributed by atoms with E-state index in [1.807, 2.05) is 0 Å². The van der Waals surface area contributed by atoms with Crippen LogP contribution in [0.15, 0.2) is 12.1 Å². The van der Waals surface area contributed by atoms with E-state index in [9.17, 15) is 22.0 Å². The number of thiophene rings is 1. The number of rotatable bonds is 2. The van der Waals surface area contributed by atoms with E-state index in [1.165, 1.54) is 6.07 Å². The Hall–Kier alpha value is -0.400. The van der Waals surface area contributed by atoms with Crippen LogP contribution in [-0.4, -0.2) is 6.18 Å². The van der Waals surface area contributed by atoms with Crippen LogP contribution >= 0.6 is 23.7 Å². The maximum absolute atomic E-state index is 12.7. The summed E-state index contributed by atoms with van der Waals surface area (Å²) in [6.07, 6.45) is -5.55. The third-order valence-corrected chi connectivity index (χ3v) is 2.71. The molecule has 0 aliphatic rings. The van der Waals surface area contributed by atoms with Gasteiger partial charge in [-0.15, -0.1) is 23.7 Å². The molecule has 0 aliphatic heterocycles. The van der Waals surface area contributed by atoms with E-state index in [0.29, 0.717) is 16.2 Å². The maximum atomic E-state index is 12.7. The van der Waals surface area contributed by atoms with Crippen LogP contribution in [0.3, 0.4) is 0 Å². The lowest BCUT2D eigenvalue weighted by Crippen LogP contribution is -2.32. The molecular formula is C7H7ClF5NS. The van der Waals surface area contributed by atoms with Crippen molar-refractivity contribution in [3.8, 4) is 0 Å². The second kappa shape index (κ2) is 4.63. The average molecular weight is 268 g/mol. The quantitative estimate of drug-likeness (QED) is 0.818. The van der Waals surface area contributed by atoms with Crippen molar-refractivity contribution in [2.75, 3.05) is 0 Å². The van der Waals surface area contributed by atoms with Crippen molar-refractivity contribution in [3.63, 3.8) is 0 Å². The fourth-order valence-corrected chi connectivity index (χ4v) is 1.68. The Morgan fingerprint density at radius 2 is 1.67 bits per heavy atom. The Kier molecular flexibility index (Phi) is 4.50. The van der Waals surface area contributed by atoms with Gasteiger partial charge in [-0.2, -0.15) is 22.0 Å². The summed E-state index contributed by atoms with van der Waals surface area (Å²) >= 11 is 0.372. The first-order chi connectivity index (χ1) is 6.29. The largest absolute Gasteiger partial charge is 0.458 e. The first-order valence-electron chi connectivity index (χ1n) is 3.53. The van der Waals surface area contributed by atoms with Crippen molar-refractivity contribution in [2.45, 2.75) is 18.6 Å². The molecule has 0 aromatic carbocycles. The first-order valence-corrected chi connectivity index (χ1v) is 4.34. The monoisotopic (exact) mass is 267 g/mol. The molecule has 2 N–H and O–H groups in total. The molecule has 88 valence electrons. The summed E-state index contributed by atoms with van der Waals surface area (Å²) in [5.74, 6) is -4.79. The lowest BCUT2D eigenvalue weighted by molar-refractivity contribution is -0.287. The van der Waals surface area contributed by atoms with Gasteiger partial charge in [0.25, 0.3) is 0 Å². The van der Waals surface area contributed by atoms with Gasteiger partial charge in [0.15, 0.2) is 0 Å². The SMILES string of the molecule is Cl.NCc1ccc(C(F)(F)C(F)(F)F)s1. The number of hydrogen-bond acceptors (Lipinski definition) is 2. The van der Waals surface area contributed by atoms with Gasteiger partial charge in [0.2, 0.25) is 0 Å². The molecule has 1 aromatic rings. The molecule has 0 bridgehead atoms.